The highest BCUT2D eigenvalue weighted by atomic mass is 19.1. The number of nitrogens with zero attached hydrogens (tertiary/aromatic N) is 4. The second-order valence-electron chi connectivity index (χ2n) is 16.4. The summed E-state index contributed by atoms with van der Waals surface area (Å²) in [6.07, 6.45) is -11.8. The number of benzene rings is 3. The van der Waals surface area contributed by atoms with Crippen LogP contribution in [0.1, 0.15) is 58.8 Å². The molecule has 0 radical (unpaired) electrons. The molecule has 0 bridgehead atoms. The third kappa shape index (κ3) is 9.61. The SMILES string of the molecule is CCCC(=O)OC[C@@H]1O[C@@H](O)C[C@@H](O[C@@H]2OC(C(=O)Nc3ncnc4c3c(-c3ccc(OC(C)C)c(F)c3)nn4[C@@H](C)c3oc4ccc(F)cc4c(=O)c3-c3cccc(F)c3)[C@H](O)[C@@H]2O)[C@@H]1O. The Bertz CT molecular complexity index is 2880. The lowest BCUT2D eigenvalue weighted by Crippen LogP contribution is -2.53. The maximum absolute atomic E-state index is 15.7. The quantitative estimate of drug-likeness (QED) is 0.0932. The Labute approximate surface area is 378 Å². The molecule has 2 aliphatic heterocycles. The maximum atomic E-state index is 15.7. The van der Waals surface area contributed by atoms with E-state index in [-0.39, 0.29) is 80.7 Å². The van der Waals surface area contributed by atoms with E-state index in [0.29, 0.717) is 6.42 Å². The number of rotatable bonds is 14. The fraction of sp³-hybridized carbons (Fsp3) is 0.391. The summed E-state index contributed by atoms with van der Waals surface area (Å²) in [4.78, 5) is 48.9. The number of hydrogen-bond donors (Lipinski definition) is 5. The number of amides is 1. The first-order valence-electron chi connectivity index (χ1n) is 21.4. The molecule has 1 unspecified atom stereocenters. The van der Waals surface area contributed by atoms with Gasteiger partial charge in [0, 0.05) is 18.4 Å². The molecule has 18 nitrogen and oxygen atoms in total. The number of ether oxygens (including phenoxy) is 5. The molecular formula is C46H46F3N5O13. The minimum atomic E-state index is -1.91. The number of carbonyl (C=O) groups excluding carboxylic acids is 2. The molecule has 9 atom stereocenters. The Kier molecular flexibility index (Phi) is 13.7. The Morgan fingerprint density at radius 2 is 1.70 bits per heavy atom. The smallest absolute Gasteiger partial charge is 0.305 e. The van der Waals surface area contributed by atoms with Crippen molar-refractivity contribution in [1.29, 1.82) is 0 Å². The Morgan fingerprint density at radius 3 is 2.43 bits per heavy atom. The van der Waals surface area contributed by atoms with Crippen molar-refractivity contribution in [3.05, 3.63) is 100 Å². The first kappa shape index (κ1) is 47.2. The highest BCUT2D eigenvalue weighted by Gasteiger charge is 2.50. The van der Waals surface area contributed by atoms with E-state index in [2.05, 4.69) is 15.3 Å². The van der Waals surface area contributed by atoms with Crippen molar-refractivity contribution in [2.45, 2.75) is 108 Å². The molecule has 1 amide bonds. The average molecular weight is 934 g/mol. The standard InChI is InChI=1S/C46H46F3N5O13/c1-5-7-32(55)62-18-31-38(58)30(17-33(56)64-31)66-46-40(60)39(59)42(67-46)45(61)52-43-35-36(23-10-12-29(27(49)15-23)63-20(2)3)53-54(44(35)51-19-50-43)21(4)41-34(22-8-6-9-24(47)14-22)37(57)26-16-25(48)11-13-28(26)65-41/h6,8-16,19-21,30-31,33,38-40,42,46,56,58-60H,5,7,17-18H2,1-4H3,(H,50,51,52,61)/t21-,30+,31-,33+,38-,39+,40-,42?,46+/m0/s1. The van der Waals surface area contributed by atoms with Crippen LogP contribution in [0.25, 0.3) is 44.4 Å². The van der Waals surface area contributed by atoms with Crippen molar-refractivity contribution in [1.82, 2.24) is 19.7 Å². The molecule has 3 aromatic carbocycles. The molecule has 0 aliphatic carbocycles. The van der Waals surface area contributed by atoms with Crippen LogP contribution in [0.2, 0.25) is 0 Å². The number of aliphatic hydroxyl groups is 4. The number of halogens is 3. The van der Waals surface area contributed by atoms with Crippen LogP contribution in [-0.2, 0) is 28.5 Å². The van der Waals surface area contributed by atoms with Gasteiger partial charge in [-0.05, 0) is 81.3 Å². The Morgan fingerprint density at radius 1 is 0.925 bits per heavy atom. The molecule has 354 valence electrons. The lowest BCUT2D eigenvalue weighted by molar-refractivity contribution is -0.283. The van der Waals surface area contributed by atoms with E-state index in [4.69, 9.17) is 33.2 Å². The van der Waals surface area contributed by atoms with Gasteiger partial charge >= 0.3 is 5.97 Å². The van der Waals surface area contributed by atoms with Gasteiger partial charge in [0.25, 0.3) is 5.91 Å². The van der Waals surface area contributed by atoms with Crippen molar-refractivity contribution in [2.24, 2.45) is 0 Å². The topological polar surface area (TPSA) is 247 Å². The molecule has 0 spiro atoms. The second kappa shape index (κ2) is 19.5. The fourth-order valence-corrected chi connectivity index (χ4v) is 8.02. The first-order valence-corrected chi connectivity index (χ1v) is 21.4. The number of carbonyl (C=O) groups is 2. The number of aromatic nitrogens is 4. The van der Waals surface area contributed by atoms with Gasteiger partial charge in [0.15, 0.2) is 35.9 Å². The van der Waals surface area contributed by atoms with E-state index in [0.717, 1.165) is 30.6 Å². The summed E-state index contributed by atoms with van der Waals surface area (Å²) in [5, 5.41) is 50.7. The van der Waals surface area contributed by atoms with Crippen molar-refractivity contribution in [3.63, 3.8) is 0 Å². The van der Waals surface area contributed by atoms with Gasteiger partial charge in [-0.1, -0.05) is 19.1 Å². The number of hydrogen-bond acceptors (Lipinski definition) is 16. The highest BCUT2D eigenvalue weighted by molar-refractivity contribution is 6.06. The molecule has 2 aliphatic rings. The third-order valence-corrected chi connectivity index (χ3v) is 11.2. The van der Waals surface area contributed by atoms with Crippen LogP contribution in [0.15, 0.2) is 76.2 Å². The van der Waals surface area contributed by atoms with Gasteiger partial charge in [-0.2, -0.15) is 5.10 Å². The van der Waals surface area contributed by atoms with E-state index < -0.39 is 96.6 Å². The predicted octanol–water partition coefficient (Wildman–Crippen LogP) is 4.66. The number of esters is 1. The zero-order valence-corrected chi connectivity index (χ0v) is 36.3. The summed E-state index contributed by atoms with van der Waals surface area (Å²) in [7, 11) is 0. The summed E-state index contributed by atoms with van der Waals surface area (Å²) in [6, 6.07) is 11.5. The van der Waals surface area contributed by atoms with Gasteiger partial charge < -0.3 is 53.8 Å². The number of anilines is 1. The minimum absolute atomic E-state index is 0.00103. The van der Waals surface area contributed by atoms with Gasteiger partial charge in [-0.15, -0.1) is 0 Å². The predicted molar refractivity (Wildman–Crippen MR) is 230 cm³/mol. The normalized spacial score (nSPS) is 23.5. The van der Waals surface area contributed by atoms with E-state index >= 15 is 4.39 Å². The van der Waals surface area contributed by atoms with Crippen LogP contribution >= 0.6 is 0 Å². The molecule has 5 heterocycles. The van der Waals surface area contributed by atoms with Gasteiger partial charge in [-0.3, -0.25) is 14.4 Å². The van der Waals surface area contributed by atoms with Crippen LogP contribution in [0.4, 0.5) is 19.0 Å². The van der Waals surface area contributed by atoms with Crippen molar-refractivity contribution < 1.29 is 71.3 Å². The molecule has 67 heavy (non-hydrogen) atoms. The van der Waals surface area contributed by atoms with Gasteiger partial charge in [0.1, 0.15) is 77.9 Å². The third-order valence-electron chi connectivity index (χ3n) is 11.2. The molecule has 5 N–H and O–H groups in total. The molecule has 3 aromatic heterocycles. The Balaban J connectivity index is 1.15. The minimum Gasteiger partial charge on any atom is -0.488 e. The monoisotopic (exact) mass is 933 g/mol. The average Bonchev–Trinajstić information content (AvgIpc) is 3.81. The molecule has 2 fully saturated rings. The number of aliphatic hydroxyl groups excluding tert-OH is 4. The first-order chi connectivity index (χ1) is 32.0. The van der Waals surface area contributed by atoms with Gasteiger partial charge in [-0.25, -0.2) is 27.8 Å². The second-order valence-corrected chi connectivity index (χ2v) is 16.4. The largest absolute Gasteiger partial charge is 0.488 e. The highest BCUT2D eigenvalue weighted by Crippen LogP contribution is 2.39. The molecule has 2 saturated heterocycles. The lowest BCUT2D eigenvalue weighted by Gasteiger charge is -2.38. The van der Waals surface area contributed by atoms with Crippen molar-refractivity contribution in [3.8, 4) is 28.1 Å². The Hall–Kier alpha value is -6.33. The van der Waals surface area contributed by atoms with Crippen LogP contribution in [0.5, 0.6) is 5.75 Å². The van der Waals surface area contributed by atoms with E-state index in [1.165, 1.54) is 41.1 Å². The van der Waals surface area contributed by atoms with Crippen molar-refractivity contribution >= 4 is 39.7 Å². The van der Waals surface area contributed by atoms with Crippen LogP contribution < -0.4 is 15.5 Å². The maximum Gasteiger partial charge on any atom is 0.305 e. The zero-order valence-electron chi connectivity index (χ0n) is 36.3. The molecular weight excluding hydrogens is 888 g/mol. The van der Waals surface area contributed by atoms with E-state index in [1.807, 2.05) is 0 Å². The number of nitrogens with one attached hydrogen (secondary N) is 1. The summed E-state index contributed by atoms with van der Waals surface area (Å²) >= 11 is 0. The summed E-state index contributed by atoms with van der Waals surface area (Å²) < 4.78 is 80.0. The van der Waals surface area contributed by atoms with Crippen LogP contribution in [0.3, 0.4) is 0 Å². The van der Waals surface area contributed by atoms with Gasteiger partial charge in [0.05, 0.1) is 28.5 Å². The number of fused-ring (bicyclic) bond motifs is 2. The van der Waals surface area contributed by atoms with Gasteiger partial charge in [0.2, 0.25) is 5.43 Å². The molecule has 21 heteroatoms. The van der Waals surface area contributed by atoms with E-state index in [9.17, 15) is 43.6 Å². The summed E-state index contributed by atoms with van der Waals surface area (Å²) in [6.45, 7) is 6.39. The fourth-order valence-electron chi connectivity index (χ4n) is 8.02. The molecule has 8 rings (SSSR count). The molecule has 6 aromatic rings. The van der Waals surface area contributed by atoms with Crippen LogP contribution in [-0.4, -0.2) is 114 Å². The summed E-state index contributed by atoms with van der Waals surface area (Å²) in [5.74, 6) is -4.08. The molecule has 0 saturated carbocycles. The van der Waals surface area contributed by atoms with Crippen LogP contribution in [0, 0.1) is 17.5 Å². The van der Waals surface area contributed by atoms with E-state index in [1.54, 1.807) is 27.7 Å². The zero-order chi connectivity index (χ0) is 47.8. The van der Waals surface area contributed by atoms with Crippen molar-refractivity contribution in [2.75, 3.05) is 11.9 Å². The summed E-state index contributed by atoms with van der Waals surface area (Å²) in [5.41, 5.74) is -0.530. The lowest BCUT2D eigenvalue weighted by atomic mass is 9.99.